The zero-order valence-corrected chi connectivity index (χ0v) is 22.0. The Morgan fingerprint density at radius 2 is 1.50 bits per heavy atom. The van der Waals surface area contributed by atoms with E-state index in [0.29, 0.717) is 19.7 Å². The second-order valence-corrected chi connectivity index (χ2v) is 10.2. The number of amides is 1. The van der Waals surface area contributed by atoms with Crippen molar-refractivity contribution in [2.75, 3.05) is 19.7 Å². The maximum absolute atomic E-state index is 12.8. The second-order valence-electron chi connectivity index (χ2n) is 10.2. The molecule has 198 valence electrons. The van der Waals surface area contributed by atoms with Crippen LogP contribution in [0.15, 0.2) is 89.7 Å². The van der Waals surface area contributed by atoms with Crippen LogP contribution >= 0.6 is 0 Å². The number of H-pyrrole nitrogens is 1. The summed E-state index contributed by atoms with van der Waals surface area (Å²) in [6, 6.07) is 29.0. The Hall–Kier alpha value is -3.84. The number of aromatic nitrogens is 2. The molecule has 0 saturated carbocycles. The summed E-state index contributed by atoms with van der Waals surface area (Å²) >= 11 is 0. The van der Waals surface area contributed by atoms with Crippen LogP contribution in [0.5, 0.6) is 0 Å². The molecule has 1 unspecified atom stereocenters. The van der Waals surface area contributed by atoms with E-state index in [0.717, 1.165) is 43.4 Å². The first-order valence-electron chi connectivity index (χ1n) is 13.5. The van der Waals surface area contributed by atoms with Crippen molar-refractivity contribution in [1.82, 2.24) is 19.4 Å². The van der Waals surface area contributed by atoms with Crippen LogP contribution in [-0.4, -0.2) is 51.2 Å². The molecule has 1 saturated heterocycles. The van der Waals surface area contributed by atoms with Crippen LogP contribution in [0.3, 0.4) is 0 Å². The highest BCUT2D eigenvalue weighted by atomic mass is 16.6. The van der Waals surface area contributed by atoms with Crippen molar-refractivity contribution in [3.8, 4) is 0 Å². The fraction of sp³-hybridized carbons (Fsp3) is 0.355. The Kier molecular flexibility index (Phi) is 8.24. The van der Waals surface area contributed by atoms with Gasteiger partial charge in [0.2, 0.25) is 0 Å². The fourth-order valence-corrected chi connectivity index (χ4v) is 5.34. The summed E-state index contributed by atoms with van der Waals surface area (Å²) < 4.78 is 7.55. The zero-order chi connectivity index (χ0) is 26.3. The Morgan fingerprint density at radius 1 is 0.921 bits per heavy atom. The number of aromatic amines is 1. The quantitative estimate of drug-likeness (QED) is 0.318. The van der Waals surface area contributed by atoms with Gasteiger partial charge in [0, 0.05) is 38.3 Å². The number of piperidine rings is 1. The van der Waals surface area contributed by atoms with Crippen LogP contribution in [0.1, 0.15) is 43.4 Å². The highest BCUT2D eigenvalue weighted by molar-refractivity contribution is 5.75. The number of benzene rings is 3. The van der Waals surface area contributed by atoms with Crippen molar-refractivity contribution in [2.45, 2.75) is 51.4 Å². The molecule has 7 heteroatoms. The number of rotatable bonds is 9. The number of imidazole rings is 1. The number of nitrogens with zero attached hydrogens (tertiary/aromatic N) is 3. The first kappa shape index (κ1) is 25.8. The topological polar surface area (TPSA) is 70.6 Å². The highest BCUT2D eigenvalue weighted by Crippen LogP contribution is 2.25. The van der Waals surface area contributed by atoms with E-state index in [9.17, 15) is 9.59 Å². The number of carbonyl (C=O) groups excluding carboxylic acids is 1. The van der Waals surface area contributed by atoms with Crippen LogP contribution in [0.4, 0.5) is 4.79 Å². The first-order chi connectivity index (χ1) is 18.6. The lowest BCUT2D eigenvalue weighted by Gasteiger charge is -2.32. The van der Waals surface area contributed by atoms with E-state index in [4.69, 9.17) is 4.74 Å². The fourth-order valence-electron chi connectivity index (χ4n) is 5.34. The van der Waals surface area contributed by atoms with E-state index < -0.39 is 0 Å². The van der Waals surface area contributed by atoms with Gasteiger partial charge in [-0.1, -0.05) is 72.8 Å². The maximum atomic E-state index is 12.8. The van der Waals surface area contributed by atoms with Crippen molar-refractivity contribution in [3.63, 3.8) is 0 Å². The number of nitrogens with one attached hydrogen (secondary N) is 1. The molecule has 38 heavy (non-hydrogen) atoms. The van der Waals surface area contributed by atoms with E-state index in [1.54, 1.807) is 4.90 Å². The third-order valence-electron chi connectivity index (χ3n) is 7.55. The van der Waals surface area contributed by atoms with Crippen LogP contribution in [-0.2, 0) is 17.8 Å². The lowest BCUT2D eigenvalue weighted by molar-refractivity contribution is 0.0768. The molecule has 3 aromatic carbocycles. The van der Waals surface area contributed by atoms with Crippen LogP contribution in [0.25, 0.3) is 11.0 Å². The summed E-state index contributed by atoms with van der Waals surface area (Å²) in [6.45, 7) is 5.42. The highest BCUT2D eigenvalue weighted by Gasteiger charge is 2.27. The molecule has 1 N–H and O–H groups in total. The minimum absolute atomic E-state index is 0.0762. The minimum atomic E-state index is -0.264. The monoisotopic (exact) mass is 512 g/mol. The van der Waals surface area contributed by atoms with Gasteiger partial charge in [-0.2, -0.15) is 0 Å². The molecule has 7 nitrogen and oxygen atoms in total. The number of carbonyl (C=O) groups is 1. The summed E-state index contributed by atoms with van der Waals surface area (Å²) in [6.07, 6.45) is 1.95. The van der Waals surface area contributed by atoms with Gasteiger partial charge in [0.05, 0.1) is 17.6 Å². The van der Waals surface area contributed by atoms with Crippen LogP contribution in [0, 0.1) is 0 Å². The van der Waals surface area contributed by atoms with Gasteiger partial charge in [-0.05, 0) is 49.4 Å². The van der Waals surface area contributed by atoms with Gasteiger partial charge < -0.3 is 14.6 Å². The van der Waals surface area contributed by atoms with Gasteiger partial charge in [-0.25, -0.2) is 9.59 Å². The van der Waals surface area contributed by atoms with Crippen molar-refractivity contribution in [3.05, 3.63) is 107 Å². The van der Waals surface area contributed by atoms with Crippen molar-refractivity contribution in [2.24, 2.45) is 0 Å². The Labute approximate surface area is 223 Å². The van der Waals surface area contributed by atoms with Gasteiger partial charge in [0.25, 0.3) is 0 Å². The lowest BCUT2D eigenvalue weighted by atomic mass is 10.0. The van der Waals surface area contributed by atoms with E-state index in [1.807, 2.05) is 41.0 Å². The second kappa shape index (κ2) is 12.1. The molecule has 0 bridgehead atoms. The van der Waals surface area contributed by atoms with E-state index in [1.165, 1.54) is 11.1 Å². The largest absolute Gasteiger partial charge is 0.449 e. The molecular weight excluding hydrogens is 476 g/mol. The number of para-hydroxylation sites is 2. The van der Waals surface area contributed by atoms with Gasteiger partial charge in [0.1, 0.15) is 0 Å². The normalized spacial score (nSPS) is 15.2. The molecule has 0 radical (unpaired) electrons. The number of hydrogen-bond acceptors (Lipinski definition) is 4. The molecule has 5 rings (SSSR count). The molecule has 1 aromatic heterocycles. The van der Waals surface area contributed by atoms with Crippen LogP contribution < -0.4 is 5.69 Å². The molecule has 1 aliphatic heterocycles. The molecule has 1 fully saturated rings. The SMILES string of the molecule is CC(CCOC(=O)N1CCC(n2c(=O)[nH]c3ccccc32)CC1)N(Cc1ccccc1)Cc1ccccc1. The standard InChI is InChI=1S/C31H36N4O3/c1-24(34(22-25-10-4-2-5-11-25)23-26-12-6-3-7-13-26)18-21-38-31(37)33-19-16-27(17-20-33)35-29-15-9-8-14-28(29)32-30(35)36/h2-15,24,27H,16-23H2,1H3,(H,32,36). The summed E-state index contributed by atoms with van der Waals surface area (Å²) in [5.41, 5.74) is 4.22. The number of likely N-dealkylation sites (tertiary alicyclic amines) is 1. The number of fused-ring (bicyclic) bond motifs is 1. The Bertz CT molecular complexity index is 1330. The molecule has 0 aliphatic carbocycles. The summed E-state index contributed by atoms with van der Waals surface area (Å²) in [7, 11) is 0. The smallest absolute Gasteiger partial charge is 0.409 e. The predicted molar refractivity (Wildman–Crippen MR) is 150 cm³/mol. The van der Waals surface area contributed by atoms with Crippen molar-refractivity contribution in [1.29, 1.82) is 0 Å². The third kappa shape index (κ3) is 6.17. The molecule has 2 heterocycles. The van der Waals surface area contributed by atoms with Crippen molar-refractivity contribution < 1.29 is 9.53 Å². The van der Waals surface area contributed by atoms with Gasteiger partial charge in [0.15, 0.2) is 0 Å². The molecule has 1 aliphatic rings. The predicted octanol–water partition coefficient (Wildman–Crippen LogP) is 5.58. The van der Waals surface area contributed by atoms with E-state index in [2.05, 4.69) is 65.3 Å². The van der Waals surface area contributed by atoms with Crippen molar-refractivity contribution >= 4 is 17.1 Å². The lowest BCUT2D eigenvalue weighted by Crippen LogP contribution is -2.41. The summed E-state index contributed by atoms with van der Waals surface area (Å²) in [4.78, 5) is 32.5. The first-order valence-corrected chi connectivity index (χ1v) is 13.5. The van der Waals surface area contributed by atoms with Gasteiger partial charge in [-0.3, -0.25) is 9.47 Å². The van der Waals surface area contributed by atoms with E-state index in [-0.39, 0.29) is 23.9 Å². The molecule has 0 spiro atoms. The average molecular weight is 513 g/mol. The third-order valence-corrected chi connectivity index (χ3v) is 7.55. The van der Waals surface area contributed by atoms with Gasteiger partial charge in [-0.15, -0.1) is 0 Å². The average Bonchev–Trinajstić information content (AvgIpc) is 3.29. The summed E-state index contributed by atoms with van der Waals surface area (Å²) in [5.74, 6) is 0. The minimum Gasteiger partial charge on any atom is -0.449 e. The maximum Gasteiger partial charge on any atom is 0.409 e. The Morgan fingerprint density at radius 3 is 2.13 bits per heavy atom. The summed E-state index contributed by atoms with van der Waals surface area (Å²) in [5, 5.41) is 0. The number of hydrogen-bond donors (Lipinski definition) is 1. The molecule has 1 atom stereocenters. The molecular formula is C31H36N4O3. The van der Waals surface area contributed by atoms with E-state index >= 15 is 0 Å². The van der Waals surface area contributed by atoms with Gasteiger partial charge >= 0.3 is 11.8 Å². The molecule has 1 amide bonds. The zero-order valence-electron chi connectivity index (χ0n) is 22.0. The number of ether oxygens (including phenoxy) is 1. The van der Waals surface area contributed by atoms with Crippen LogP contribution in [0.2, 0.25) is 0 Å². The molecule has 4 aromatic rings. The Balaban J connectivity index is 1.13.